The van der Waals surface area contributed by atoms with Gasteiger partial charge in [0.15, 0.2) is 11.6 Å². The van der Waals surface area contributed by atoms with Crippen LogP contribution >= 0.6 is 46.4 Å². The van der Waals surface area contributed by atoms with E-state index in [1.54, 1.807) is 20.3 Å². The molecular weight excluding hydrogens is 705 g/mol. The molecule has 0 spiro atoms. The fraction of sp³-hybridized carbons (Fsp3) is 0.267. The first-order chi connectivity index (χ1) is 22.3. The first kappa shape index (κ1) is 35.7. The van der Waals surface area contributed by atoms with E-state index < -0.39 is 15.7 Å². The summed E-state index contributed by atoms with van der Waals surface area (Å²) < 4.78 is 28.7. The Morgan fingerprint density at radius 3 is 1.60 bits per heavy atom. The molecular formula is C30H25Cl4FN4O8. The van der Waals surface area contributed by atoms with Crippen molar-refractivity contribution in [3.63, 3.8) is 0 Å². The fourth-order valence-corrected chi connectivity index (χ4v) is 5.22. The van der Waals surface area contributed by atoms with Crippen molar-refractivity contribution in [1.29, 1.82) is 0 Å². The number of benzene rings is 2. The lowest BCUT2D eigenvalue weighted by Gasteiger charge is -2.12. The van der Waals surface area contributed by atoms with Gasteiger partial charge in [0.05, 0.1) is 56.6 Å². The summed E-state index contributed by atoms with van der Waals surface area (Å²) in [4.78, 5) is 27.9. The Kier molecular flexibility index (Phi) is 11.9. The summed E-state index contributed by atoms with van der Waals surface area (Å²) in [7, 11) is 3.17. The molecule has 0 radical (unpaired) electrons. The van der Waals surface area contributed by atoms with Crippen molar-refractivity contribution in [3.05, 3.63) is 106 Å². The molecule has 2 heterocycles. The molecule has 4 aromatic rings. The molecule has 248 valence electrons. The van der Waals surface area contributed by atoms with Crippen LogP contribution in [-0.4, -0.2) is 39.1 Å². The minimum Gasteiger partial charge on any atom is -0.506 e. The summed E-state index contributed by atoms with van der Waals surface area (Å²) in [5, 5.41) is 29.6. The topological polar surface area (TPSA) is 160 Å². The number of ether oxygens (including phenoxy) is 3. The standard InChI is InChI=1S/C15H12Cl2N2O4.C9H11NO2.C6H2Cl2FNO2/c1-22-15-11(8-2-3-8)6-10(7-18-15)23-14-12(16)4-9(19(20)21)5-13(14)17;1-12-9-8(6-2-3-6)4-7(11)5-10-9;7-4-1-3(10(11)12)2-5(8)6(4)9/h4-8H,2-3H2,1H3;4-6,11H,2-3H2,1H3;1-2H. The first-order valence-electron chi connectivity index (χ1n) is 13.7. The number of hydrogen-bond acceptors (Lipinski definition) is 10. The van der Waals surface area contributed by atoms with E-state index in [0.717, 1.165) is 36.1 Å². The van der Waals surface area contributed by atoms with E-state index in [0.29, 0.717) is 29.3 Å². The van der Waals surface area contributed by atoms with E-state index >= 15 is 0 Å². The molecule has 47 heavy (non-hydrogen) atoms. The summed E-state index contributed by atoms with van der Waals surface area (Å²) in [6.45, 7) is 0. The molecule has 0 aliphatic heterocycles. The predicted molar refractivity (Wildman–Crippen MR) is 173 cm³/mol. The summed E-state index contributed by atoms with van der Waals surface area (Å²) in [6.07, 6.45) is 7.44. The largest absolute Gasteiger partial charge is 0.506 e. The molecule has 2 aliphatic carbocycles. The van der Waals surface area contributed by atoms with Crippen LogP contribution in [-0.2, 0) is 0 Å². The highest BCUT2D eigenvalue weighted by Crippen LogP contribution is 2.46. The highest BCUT2D eigenvalue weighted by atomic mass is 35.5. The third-order valence-electron chi connectivity index (χ3n) is 6.73. The number of pyridine rings is 2. The SMILES string of the molecule is COc1ncc(O)cc1C1CC1.COc1ncc(Oc2c(Cl)cc([N+](=O)[O-])cc2Cl)cc1C1CC1.O=[N+]([O-])c1cc(Cl)c(F)c(Cl)c1. The van der Waals surface area contributed by atoms with Crippen LogP contribution in [0.15, 0.2) is 48.8 Å². The highest BCUT2D eigenvalue weighted by molar-refractivity contribution is 6.37. The molecule has 0 atom stereocenters. The van der Waals surface area contributed by atoms with Crippen molar-refractivity contribution in [2.24, 2.45) is 0 Å². The highest BCUT2D eigenvalue weighted by Gasteiger charge is 2.29. The number of methoxy groups -OCH3 is 2. The summed E-state index contributed by atoms with van der Waals surface area (Å²) >= 11 is 22.7. The van der Waals surface area contributed by atoms with Gasteiger partial charge in [0.2, 0.25) is 11.8 Å². The second-order valence-corrected chi connectivity index (χ2v) is 11.8. The normalized spacial score (nSPS) is 13.3. The van der Waals surface area contributed by atoms with Crippen LogP contribution in [0, 0.1) is 26.0 Å². The van der Waals surface area contributed by atoms with Crippen molar-refractivity contribution in [2.45, 2.75) is 37.5 Å². The first-order valence-corrected chi connectivity index (χ1v) is 15.2. The van der Waals surface area contributed by atoms with Crippen LogP contribution in [0.3, 0.4) is 0 Å². The zero-order valence-corrected chi connectivity index (χ0v) is 27.6. The number of halogens is 5. The Bertz CT molecular complexity index is 1760. The van der Waals surface area contributed by atoms with Crippen LogP contribution in [0.4, 0.5) is 15.8 Å². The number of non-ortho nitro benzene ring substituents is 2. The monoisotopic (exact) mass is 728 g/mol. The minimum atomic E-state index is -0.844. The third-order valence-corrected chi connectivity index (χ3v) is 7.84. The minimum absolute atomic E-state index is 0.0630. The second kappa shape index (κ2) is 15.6. The Balaban J connectivity index is 0.000000176. The number of nitro groups is 2. The smallest absolute Gasteiger partial charge is 0.272 e. The maximum Gasteiger partial charge on any atom is 0.272 e. The maximum atomic E-state index is 12.7. The average Bonchev–Trinajstić information content (AvgIpc) is 3.96. The lowest BCUT2D eigenvalue weighted by atomic mass is 10.2. The van der Waals surface area contributed by atoms with Crippen molar-refractivity contribution in [2.75, 3.05) is 14.2 Å². The van der Waals surface area contributed by atoms with Gasteiger partial charge in [-0.05, 0) is 49.7 Å². The van der Waals surface area contributed by atoms with Gasteiger partial charge < -0.3 is 19.3 Å². The van der Waals surface area contributed by atoms with E-state index in [-0.39, 0.29) is 43.0 Å². The molecule has 2 saturated carbocycles. The number of hydrogen-bond donors (Lipinski definition) is 1. The Labute approximate surface area is 287 Å². The number of nitrogens with zero attached hydrogens (tertiary/aromatic N) is 4. The zero-order valence-electron chi connectivity index (χ0n) is 24.6. The predicted octanol–water partition coefficient (Wildman–Crippen LogP) is 9.69. The van der Waals surface area contributed by atoms with Crippen LogP contribution in [0.2, 0.25) is 20.1 Å². The number of aromatic hydroxyl groups is 1. The molecule has 1 N–H and O–H groups in total. The summed E-state index contributed by atoms with van der Waals surface area (Å²) in [5.41, 5.74) is 1.49. The summed E-state index contributed by atoms with van der Waals surface area (Å²) in [5.74, 6) is 2.18. The Morgan fingerprint density at radius 2 is 1.17 bits per heavy atom. The number of aromatic nitrogens is 2. The Hall–Kier alpha value is -4.17. The van der Waals surface area contributed by atoms with E-state index in [2.05, 4.69) is 9.97 Å². The lowest BCUT2D eigenvalue weighted by Crippen LogP contribution is -1.96. The molecule has 12 nitrogen and oxygen atoms in total. The van der Waals surface area contributed by atoms with Crippen LogP contribution < -0.4 is 14.2 Å². The van der Waals surface area contributed by atoms with Gasteiger partial charge in [-0.15, -0.1) is 0 Å². The molecule has 0 bridgehead atoms. The van der Waals surface area contributed by atoms with E-state index in [9.17, 15) is 29.7 Å². The zero-order chi connectivity index (χ0) is 34.4. The molecule has 2 aromatic carbocycles. The quantitative estimate of drug-likeness (QED) is 0.105. The molecule has 2 fully saturated rings. The van der Waals surface area contributed by atoms with Gasteiger partial charge in [-0.25, -0.2) is 14.4 Å². The third kappa shape index (κ3) is 9.44. The fourth-order valence-electron chi connectivity index (χ4n) is 4.19. The van der Waals surface area contributed by atoms with Crippen LogP contribution in [0.5, 0.6) is 29.0 Å². The van der Waals surface area contributed by atoms with Crippen molar-refractivity contribution in [1.82, 2.24) is 9.97 Å². The van der Waals surface area contributed by atoms with Gasteiger partial charge in [0.1, 0.15) is 11.5 Å². The molecule has 0 amide bonds. The van der Waals surface area contributed by atoms with E-state index in [4.69, 9.17) is 60.6 Å². The van der Waals surface area contributed by atoms with Crippen LogP contribution in [0.25, 0.3) is 0 Å². The van der Waals surface area contributed by atoms with E-state index in [1.165, 1.54) is 37.4 Å². The maximum absolute atomic E-state index is 12.7. The summed E-state index contributed by atoms with van der Waals surface area (Å²) in [6, 6.07) is 7.77. The molecule has 0 saturated heterocycles. The number of rotatable bonds is 8. The van der Waals surface area contributed by atoms with Gasteiger partial charge in [-0.3, -0.25) is 20.2 Å². The molecule has 6 rings (SSSR count). The van der Waals surface area contributed by atoms with Gasteiger partial charge in [0.25, 0.3) is 11.4 Å². The van der Waals surface area contributed by atoms with Crippen molar-refractivity contribution in [3.8, 4) is 29.0 Å². The Morgan fingerprint density at radius 1 is 0.745 bits per heavy atom. The van der Waals surface area contributed by atoms with Gasteiger partial charge >= 0.3 is 0 Å². The van der Waals surface area contributed by atoms with Gasteiger partial charge in [-0.2, -0.15) is 0 Å². The lowest BCUT2D eigenvalue weighted by molar-refractivity contribution is -0.385. The molecule has 2 aliphatic rings. The van der Waals surface area contributed by atoms with Crippen molar-refractivity contribution >= 4 is 57.8 Å². The van der Waals surface area contributed by atoms with Gasteiger partial charge in [0, 0.05) is 35.4 Å². The molecule has 17 heteroatoms. The van der Waals surface area contributed by atoms with Gasteiger partial charge in [-0.1, -0.05) is 46.4 Å². The second-order valence-electron chi connectivity index (χ2n) is 10.2. The van der Waals surface area contributed by atoms with Crippen LogP contribution in [0.1, 0.15) is 48.6 Å². The van der Waals surface area contributed by atoms with Crippen molar-refractivity contribution < 1.29 is 33.6 Å². The number of nitro benzene ring substituents is 2. The van der Waals surface area contributed by atoms with E-state index in [1.807, 2.05) is 6.07 Å². The molecule has 0 unspecified atom stereocenters. The average molecular weight is 730 g/mol. The molecule has 2 aromatic heterocycles.